The van der Waals surface area contributed by atoms with Crippen molar-refractivity contribution in [3.8, 4) is 0 Å². The third kappa shape index (κ3) is 2.04. The Labute approximate surface area is 183 Å². The lowest BCUT2D eigenvalue weighted by Crippen LogP contribution is -2.29. The Kier molecular flexibility index (Phi) is 3.37. The van der Waals surface area contributed by atoms with Crippen LogP contribution >= 0.6 is 22.6 Å². The van der Waals surface area contributed by atoms with Gasteiger partial charge in [-0.25, -0.2) is 4.57 Å². The molecule has 3 aromatic heterocycles. The summed E-state index contributed by atoms with van der Waals surface area (Å²) in [6.07, 6.45) is 2.21. The standard InChI is InChI=1S/C26H22IN2/c1-13-6-7-18-20(10-13)29-24-15(3)11-14(2)16(4)21(24)25-22-17(8-9-28(25)5)12-19(27)23(18)26(22)29/h6-12H,1-5H3/q+1. The first-order valence-electron chi connectivity index (χ1n) is 10.1. The van der Waals surface area contributed by atoms with Crippen molar-refractivity contribution < 1.29 is 4.57 Å². The molecule has 0 aliphatic heterocycles. The smallest absolute Gasteiger partial charge is 0.224 e. The fourth-order valence-corrected chi connectivity index (χ4v) is 6.18. The molecule has 3 heterocycles. The van der Waals surface area contributed by atoms with Gasteiger partial charge in [-0.1, -0.05) is 18.2 Å². The van der Waals surface area contributed by atoms with Gasteiger partial charge >= 0.3 is 0 Å². The molecule has 0 atom stereocenters. The van der Waals surface area contributed by atoms with Crippen LogP contribution < -0.4 is 4.57 Å². The molecule has 6 aromatic rings. The van der Waals surface area contributed by atoms with Crippen LogP contribution in [0.15, 0.2) is 42.6 Å². The van der Waals surface area contributed by atoms with E-state index < -0.39 is 0 Å². The highest BCUT2D eigenvalue weighted by atomic mass is 127. The summed E-state index contributed by atoms with van der Waals surface area (Å²) < 4.78 is 6.18. The number of aryl methyl sites for hydroxylation is 5. The van der Waals surface area contributed by atoms with Gasteiger partial charge in [0, 0.05) is 20.4 Å². The summed E-state index contributed by atoms with van der Waals surface area (Å²) in [5.74, 6) is 0. The van der Waals surface area contributed by atoms with E-state index in [4.69, 9.17) is 0 Å². The van der Waals surface area contributed by atoms with Crippen LogP contribution in [0, 0.1) is 31.3 Å². The molecular weight excluding hydrogens is 467 g/mol. The predicted octanol–water partition coefficient (Wildman–Crippen LogP) is 6.65. The zero-order valence-corrected chi connectivity index (χ0v) is 19.5. The molecule has 0 aliphatic rings. The second-order valence-electron chi connectivity index (χ2n) is 8.54. The summed E-state index contributed by atoms with van der Waals surface area (Å²) in [5, 5.41) is 6.80. The lowest BCUT2D eigenvalue weighted by atomic mass is 9.95. The van der Waals surface area contributed by atoms with E-state index in [9.17, 15) is 0 Å². The average Bonchev–Trinajstić information content (AvgIpc) is 3.01. The van der Waals surface area contributed by atoms with Crippen molar-refractivity contribution in [2.45, 2.75) is 27.7 Å². The topological polar surface area (TPSA) is 8.29 Å². The number of nitrogens with zero attached hydrogens (tertiary/aromatic N) is 2. The second-order valence-corrected chi connectivity index (χ2v) is 9.70. The second kappa shape index (κ2) is 5.60. The third-order valence-corrected chi connectivity index (χ3v) is 7.56. The molecule has 3 heteroatoms. The molecule has 29 heavy (non-hydrogen) atoms. The normalized spacial score (nSPS) is 12.5. The molecule has 6 rings (SSSR count). The number of fused-ring (bicyclic) bond motifs is 6. The highest BCUT2D eigenvalue weighted by molar-refractivity contribution is 14.1. The van der Waals surface area contributed by atoms with Gasteiger partial charge in [0.15, 0.2) is 6.20 Å². The first-order chi connectivity index (χ1) is 13.9. The van der Waals surface area contributed by atoms with Crippen molar-refractivity contribution in [2.24, 2.45) is 7.05 Å². The summed E-state index contributed by atoms with van der Waals surface area (Å²) in [4.78, 5) is 0. The fourth-order valence-electron chi connectivity index (χ4n) is 5.30. The maximum Gasteiger partial charge on any atom is 0.224 e. The molecule has 142 valence electrons. The molecule has 2 nitrogen and oxygen atoms in total. The maximum atomic E-state index is 2.55. The van der Waals surface area contributed by atoms with E-state index in [0.29, 0.717) is 0 Å². The van der Waals surface area contributed by atoms with Gasteiger partial charge in [0.1, 0.15) is 7.05 Å². The van der Waals surface area contributed by atoms with E-state index in [2.05, 4.69) is 109 Å². The molecule has 0 N–H and O–H groups in total. The van der Waals surface area contributed by atoms with Crippen molar-refractivity contribution in [2.75, 3.05) is 0 Å². The summed E-state index contributed by atoms with van der Waals surface area (Å²) in [6.45, 7) is 8.96. The average molecular weight is 489 g/mol. The van der Waals surface area contributed by atoms with Crippen molar-refractivity contribution in [3.63, 3.8) is 0 Å². The number of aromatic nitrogens is 2. The van der Waals surface area contributed by atoms with Crippen molar-refractivity contribution >= 4 is 71.6 Å². The number of halogens is 1. The highest BCUT2D eigenvalue weighted by Gasteiger charge is 2.26. The van der Waals surface area contributed by atoms with Crippen molar-refractivity contribution in [3.05, 3.63) is 68.4 Å². The van der Waals surface area contributed by atoms with Gasteiger partial charge in [-0.15, -0.1) is 0 Å². The minimum Gasteiger partial charge on any atom is -0.307 e. The van der Waals surface area contributed by atoms with Crippen LogP contribution in [0.3, 0.4) is 0 Å². The zero-order chi connectivity index (χ0) is 20.2. The number of hydrogen-bond donors (Lipinski definition) is 0. The van der Waals surface area contributed by atoms with E-state index in [1.807, 2.05) is 0 Å². The Bertz CT molecular complexity index is 1650. The number of hydrogen-bond acceptors (Lipinski definition) is 0. The summed E-state index contributed by atoms with van der Waals surface area (Å²) in [6, 6.07) is 13.9. The van der Waals surface area contributed by atoms with Gasteiger partial charge in [-0.05, 0) is 90.1 Å². The first-order valence-corrected chi connectivity index (χ1v) is 11.1. The molecule has 0 saturated heterocycles. The maximum absolute atomic E-state index is 2.55. The Morgan fingerprint density at radius 3 is 2.41 bits per heavy atom. The summed E-state index contributed by atoms with van der Waals surface area (Å²) in [5.41, 5.74) is 10.7. The number of benzene rings is 3. The van der Waals surface area contributed by atoms with Crippen LogP contribution in [0.2, 0.25) is 0 Å². The van der Waals surface area contributed by atoms with Crippen LogP contribution in [0.4, 0.5) is 0 Å². The lowest BCUT2D eigenvalue weighted by Gasteiger charge is -2.16. The molecule has 0 unspecified atom stereocenters. The quantitative estimate of drug-likeness (QED) is 0.0977. The van der Waals surface area contributed by atoms with Crippen molar-refractivity contribution in [1.82, 2.24) is 4.40 Å². The van der Waals surface area contributed by atoms with E-state index in [1.54, 1.807) is 0 Å². The van der Waals surface area contributed by atoms with E-state index in [1.165, 1.54) is 74.8 Å². The van der Waals surface area contributed by atoms with Gasteiger partial charge in [-0.2, -0.15) is 0 Å². The Hall–Kier alpha value is -2.40. The molecule has 0 radical (unpaired) electrons. The molecule has 0 aliphatic carbocycles. The van der Waals surface area contributed by atoms with Gasteiger partial charge in [0.25, 0.3) is 0 Å². The summed E-state index contributed by atoms with van der Waals surface area (Å²) in [7, 11) is 2.18. The van der Waals surface area contributed by atoms with Gasteiger partial charge in [-0.3, -0.25) is 0 Å². The van der Waals surface area contributed by atoms with E-state index in [0.717, 1.165) is 0 Å². The lowest BCUT2D eigenvalue weighted by molar-refractivity contribution is -0.643. The minimum absolute atomic E-state index is 1.30. The molecule has 0 amide bonds. The predicted molar refractivity (Wildman–Crippen MR) is 131 cm³/mol. The van der Waals surface area contributed by atoms with Crippen LogP contribution in [0.5, 0.6) is 0 Å². The van der Waals surface area contributed by atoms with Crippen LogP contribution in [-0.2, 0) is 7.05 Å². The summed E-state index contributed by atoms with van der Waals surface area (Å²) >= 11 is 2.52. The van der Waals surface area contributed by atoms with Gasteiger partial charge in [0.2, 0.25) is 5.52 Å². The van der Waals surface area contributed by atoms with E-state index in [-0.39, 0.29) is 0 Å². The third-order valence-electron chi connectivity index (χ3n) is 6.71. The van der Waals surface area contributed by atoms with Gasteiger partial charge < -0.3 is 4.40 Å². The number of pyridine rings is 2. The zero-order valence-electron chi connectivity index (χ0n) is 17.3. The molecule has 0 fully saturated rings. The Morgan fingerprint density at radius 1 is 0.828 bits per heavy atom. The Morgan fingerprint density at radius 2 is 1.62 bits per heavy atom. The highest BCUT2D eigenvalue weighted by Crippen LogP contribution is 2.43. The minimum atomic E-state index is 1.30. The monoisotopic (exact) mass is 489 g/mol. The molecule has 3 aromatic carbocycles. The van der Waals surface area contributed by atoms with E-state index >= 15 is 0 Å². The number of rotatable bonds is 0. The van der Waals surface area contributed by atoms with Crippen LogP contribution in [-0.4, -0.2) is 4.40 Å². The van der Waals surface area contributed by atoms with Crippen molar-refractivity contribution in [1.29, 1.82) is 0 Å². The molecule has 0 spiro atoms. The van der Waals surface area contributed by atoms with Gasteiger partial charge in [0.05, 0.1) is 27.3 Å². The fraction of sp³-hybridized carbons (Fsp3) is 0.192. The molecule has 0 saturated carbocycles. The SMILES string of the molecule is Cc1ccc2c3c(I)cc4cc[n+](C)c5c6c(C)c(C)cc(C)c6n(c2c1)c3c45. The molecular formula is C26H22IN2+. The van der Waals surface area contributed by atoms with Crippen LogP contribution in [0.1, 0.15) is 22.3 Å². The Balaban J connectivity index is 2.18. The van der Waals surface area contributed by atoms with Crippen LogP contribution in [0.25, 0.3) is 49.0 Å². The first kappa shape index (κ1) is 17.5. The largest absolute Gasteiger partial charge is 0.307 e. The molecule has 0 bridgehead atoms.